The van der Waals surface area contributed by atoms with Crippen LogP contribution in [0.15, 0.2) is 78.9 Å². The molecule has 1 heterocycles. The minimum Gasteiger partial charge on any atom is -0.368 e. The van der Waals surface area contributed by atoms with Crippen LogP contribution in [0, 0.1) is 13.8 Å². The van der Waals surface area contributed by atoms with Crippen LogP contribution < -0.4 is 4.90 Å². The van der Waals surface area contributed by atoms with Gasteiger partial charge in [-0.15, -0.1) is 0 Å². The van der Waals surface area contributed by atoms with Crippen molar-refractivity contribution in [2.24, 2.45) is 0 Å². The van der Waals surface area contributed by atoms with E-state index in [4.69, 9.17) is 0 Å². The Morgan fingerprint density at radius 2 is 1.33 bits per heavy atom. The standard InChI is InChI=1S/C27H30N2O/c1-21-10-9-15-26(22(21)2)28-16-18-29(19-17-28)27(30)20-25(23-11-5-3-6-12-23)24-13-7-4-8-14-24/h3-15,25H,16-20H2,1-2H3. The Kier molecular flexibility index (Phi) is 6.18. The predicted octanol–water partition coefficient (Wildman–Crippen LogP) is 5.17. The van der Waals surface area contributed by atoms with Crippen molar-refractivity contribution in [3.05, 3.63) is 101 Å². The Balaban J connectivity index is 1.45. The lowest BCUT2D eigenvalue weighted by atomic mass is 9.88. The van der Waals surface area contributed by atoms with E-state index >= 15 is 0 Å². The number of carbonyl (C=O) groups excluding carboxylic acids is 1. The minimum atomic E-state index is 0.0944. The number of aryl methyl sites for hydroxylation is 1. The van der Waals surface area contributed by atoms with E-state index in [1.165, 1.54) is 27.9 Å². The van der Waals surface area contributed by atoms with Gasteiger partial charge in [0.25, 0.3) is 0 Å². The molecule has 0 aliphatic carbocycles. The van der Waals surface area contributed by atoms with Gasteiger partial charge in [0.05, 0.1) is 0 Å². The molecule has 30 heavy (non-hydrogen) atoms. The minimum absolute atomic E-state index is 0.0944. The van der Waals surface area contributed by atoms with Crippen molar-refractivity contribution in [3.63, 3.8) is 0 Å². The first-order valence-electron chi connectivity index (χ1n) is 10.8. The van der Waals surface area contributed by atoms with E-state index in [2.05, 4.69) is 85.5 Å². The molecule has 3 heteroatoms. The molecule has 0 atom stereocenters. The number of amides is 1. The molecule has 1 amide bonds. The second-order valence-electron chi connectivity index (χ2n) is 8.16. The van der Waals surface area contributed by atoms with Crippen molar-refractivity contribution >= 4 is 11.6 Å². The summed E-state index contributed by atoms with van der Waals surface area (Å²) in [6.45, 7) is 7.68. The quantitative estimate of drug-likeness (QED) is 0.592. The van der Waals surface area contributed by atoms with Gasteiger partial charge in [0.1, 0.15) is 0 Å². The average molecular weight is 399 g/mol. The van der Waals surface area contributed by atoms with Crippen LogP contribution in [0.1, 0.15) is 34.6 Å². The van der Waals surface area contributed by atoms with Gasteiger partial charge < -0.3 is 9.80 Å². The number of piperazine rings is 1. The van der Waals surface area contributed by atoms with Gasteiger partial charge in [0.2, 0.25) is 5.91 Å². The molecule has 3 aromatic carbocycles. The molecule has 0 unspecified atom stereocenters. The van der Waals surface area contributed by atoms with Crippen LogP contribution in [0.2, 0.25) is 0 Å². The molecular weight excluding hydrogens is 368 g/mol. The first-order valence-corrected chi connectivity index (χ1v) is 10.8. The molecule has 4 rings (SSSR count). The molecule has 1 fully saturated rings. The summed E-state index contributed by atoms with van der Waals surface area (Å²) in [4.78, 5) is 17.7. The van der Waals surface area contributed by atoms with Crippen LogP contribution in [-0.2, 0) is 4.79 Å². The molecule has 0 radical (unpaired) electrons. The van der Waals surface area contributed by atoms with Gasteiger partial charge in [-0.2, -0.15) is 0 Å². The first kappa shape index (κ1) is 20.2. The Bertz CT molecular complexity index is 937. The number of carbonyl (C=O) groups is 1. The van der Waals surface area contributed by atoms with Gasteiger partial charge in [0.15, 0.2) is 0 Å². The normalized spacial score (nSPS) is 14.2. The molecule has 3 aromatic rings. The molecule has 1 saturated heterocycles. The summed E-state index contributed by atoms with van der Waals surface area (Å²) < 4.78 is 0. The fourth-order valence-corrected chi connectivity index (χ4v) is 4.38. The van der Waals surface area contributed by atoms with Gasteiger partial charge >= 0.3 is 0 Å². The summed E-state index contributed by atoms with van der Waals surface area (Å²) in [7, 11) is 0. The third-order valence-corrected chi connectivity index (χ3v) is 6.33. The van der Waals surface area contributed by atoms with E-state index in [-0.39, 0.29) is 11.8 Å². The van der Waals surface area contributed by atoms with Crippen molar-refractivity contribution in [1.29, 1.82) is 0 Å². The third-order valence-electron chi connectivity index (χ3n) is 6.33. The Hall–Kier alpha value is -3.07. The maximum atomic E-state index is 13.2. The Morgan fingerprint density at radius 3 is 1.90 bits per heavy atom. The van der Waals surface area contributed by atoms with E-state index in [0.717, 1.165) is 26.2 Å². The summed E-state index contributed by atoms with van der Waals surface area (Å²) in [6.07, 6.45) is 0.511. The van der Waals surface area contributed by atoms with Crippen LogP contribution in [0.3, 0.4) is 0 Å². The molecule has 0 N–H and O–H groups in total. The average Bonchev–Trinajstić information content (AvgIpc) is 2.80. The second kappa shape index (κ2) is 9.17. The van der Waals surface area contributed by atoms with E-state index in [0.29, 0.717) is 6.42 Å². The van der Waals surface area contributed by atoms with Gasteiger partial charge in [0, 0.05) is 44.2 Å². The zero-order valence-corrected chi connectivity index (χ0v) is 17.9. The van der Waals surface area contributed by atoms with Crippen molar-refractivity contribution < 1.29 is 4.79 Å². The lowest BCUT2D eigenvalue weighted by Gasteiger charge is -2.37. The highest BCUT2D eigenvalue weighted by Crippen LogP contribution is 2.29. The van der Waals surface area contributed by atoms with Crippen molar-refractivity contribution in [1.82, 2.24) is 4.90 Å². The summed E-state index contributed by atoms with van der Waals surface area (Å²) in [5, 5.41) is 0. The van der Waals surface area contributed by atoms with Crippen LogP contribution in [0.5, 0.6) is 0 Å². The van der Waals surface area contributed by atoms with E-state index in [9.17, 15) is 4.79 Å². The number of rotatable bonds is 5. The first-order chi connectivity index (χ1) is 14.6. The van der Waals surface area contributed by atoms with Crippen molar-refractivity contribution in [3.8, 4) is 0 Å². The smallest absolute Gasteiger partial charge is 0.223 e. The highest BCUT2D eigenvalue weighted by molar-refractivity contribution is 5.78. The van der Waals surface area contributed by atoms with Gasteiger partial charge in [-0.3, -0.25) is 4.79 Å². The van der Waals surface area contributed by atoms with Crippen LogP contribution >= 0.6 is 0 Å². The molecule has 0 saturated carbocycles. The lowest BCUT2D eigenvalue weighted by Crippen LogP contribution is -2.49. The molecular formula is C27H30N2O. The summed E-state index contributed by atoms with van der Waals surface area (Å²) in [6, 6.07) is 27.3. The van der Waals surface area contributed by atoms with Crippen molar-refractivity contribution in [2.45, 2.75) is 26.2 Å². The zero-order chi connectivity index (χ0) is 20.9. The molecule has 0 aromatic heterocycles. The fraction of sp³-hybridized carbons (Fsp3) is 0.296. The third kappa shape index (κ3) is 4.40. The highest BCUT2D eigenvalue weighted by atomic mass is 16.2. The van der Waals surface area contributed by atoms with E-state index < -0.39 is 0 Å². The maximum Gasteiger partial charge on any atom is 0.223 e. The predicted molar refractivity (Wildman–Crippen MR) is 124 cm³/mol. The van der Waals surface area contributed by atoms with Gasteiger partial charge in [-0.05, 0) is 42.2 Å². The monoisotopic (exact) mass is 398 g/mol. The van der Waals surface area contributed by atoms with Crippen LogP contribution in [0.4, 0.5) is 5.69 Å². The summed E-state index contributed by atoms with van der Waals surface area (Å²) >= 11 is 0. The number of anilines is 1. The number of nitrogens with zero attached hydrogens (tertiary/aromatic N) is 2. The molecule has 154 valence electrons. The molecule has 3 nitrogen and oxygen atoms in total. The molecule has 1 aliphatic rings. The summed E-state index contributed by atoms with van der Waals surface area (Å²) in [5.74, 6) is 0.338. The fourth-order valence-electron chi connectivity index (χ4n) is 4.38. The maximum absolute atomic E-state index is 13.2. The molecule has 1 aliphatic heterocycles. The summed E-state index contributed by atoms with van der Waals surface area (Å²) in [5.41, 5.74) is 6.36. The zero-order valence-electron chi connectivity index (χ0n) is 17.9. The number of benzene rings is 3. The SMILES string of the molecule is Cc1cccc(N2CCN(C(=O)CC(c3ccccc3)c3ccccc3)CC2)c1C. The Labute approximate surface area is 180 Å². The largest absolute Gasteiger partial charge is 0.368 e. The van der Waals surface area contributed by atoms with Gasteiger partial charge in [-0.25, -0.2) is 0 Å². The van der Waals surface area contributed by atoms with E-state index in [1.54, 1.807) is 0 Å². The molecule has 0 bridgehead atoms. The van der Waals surface area contributed by atoms with E-state index in [1.807, 2.05) is 17.0 Å². The number of hydrogen-bond donors (Lipinski definition) is 0. The van der Waals surface area contributed by atoms with Crippen LogP contribution in [-0.4, -0.2) is 37.0 Å². The molecule has 0 spiro atoms. The Morgan fingerprint density at radius 1 is 0.767 bits per heavy atom. The topological polar surface area (TPSA) is 23.6 Å². The second-order valence-corrected chi connectivity index (χ2v) is 8.16. The highest BCUT2D eigenvalue weighted by Gasteiger charge is 2.25. The lowest BCUT2D eigenvalue weighted by molar-refractivity contribution is -0.131. The van der Waals surface area contributed by atoms with Crippen LogP contribution in [0.25, 0.3) is 0 Å². The van der Waals surface area contributed by atoms with Crippen molar-refractivity contribution in [2.75, 3.05) is 31.1 Å². The number of hydrogen-bond acceptors (Lipinski definition) is 2. The van der Waals surface area contributed by atoms with Gasteiger partial charge in [-0.1, -0.05) is 72.8 Å².